The smallest absolute Gasteiger partial charge is 0.243 e. The Balaban J connectivity index is 1.67. The Kier molecular flexibility index (Phi) is 3.62. The highest BCUT2D eigenvalue weighted by atomic mass is 16.5. The van der Waals surface area contributed by atoms with Gasteiger partial charge < -0.3 is 19.7 Å². The molecule has 1 saturated heterocycles. The SMILES string of the molecule is COc1ccc(Cc2noc([C@@H]3C[C@@H](O)CN3)n2)cn1. The average molecular weight is 276 g/mol. The van der Waals surface area contributed by atoms with Crippen molar-refractivity contribution >= 4 is 0 Å². The van der Waals surface area contributed by atoms with Gasteiger partial charge in [-0.1, -0.05) is 11.2 Å². The minimum atomic E-state index is -0.346. The second-order valence-electron chi connectivity index (χ2n) is 4.78. The van der Waals surface area contributed by atoms with E-state index in [-0.39, 0.29) is 12.1 Å². The molecular formula is C13H16N4O3. The Morgan fingerprint density at radius 3 is 3.05 bits per heavy atom. The van der Waals surface area contributed by atoms with E-state index in [0.29, 0.717) is 37.0 Å². The molecular weight excluding hydrogens is 260 g/mol. The molecule has 3 heterocycles. The van der Waals surface area contributed by atoms with E-state index in [2.05, 4.69) is 20.4 Å². The van der Waals surface area contributed by atoms with Crippen molar-refractivity contribution in [3.63, 3.8) is 0 Å². The van der Waals surface area contributed by atoms with Gasteiger partial charge in [0.1, 0.15) is 0 Å². The fourth-order valence-electron chi connectivity index (χ4n) is 2.20. The first kappa shape index (κ1) is 13.0. The summed E-state index contributed by atoms with van der Waals surface area (Å²) in [6, 6.07) is 3.66. The Labute approximate surface area is 116 Å². The zero-order chi connectivity index (χ0) is 13.9. The van der Waals surface area contributed by atoms with Crippen LogP contribution in [0.4, 0.5) is 0 Å². The molecule has 7 nitrogen and oxygen atoms in total. The standard InChI is InChI=1S/C13H16N4O3/c1-19-12-3-2-8(6-15-12)4-11-16-13(20-17-11)10-5-9(18)7-14-10/h2-3,6,9-10,14,18H,4-5,7H2,1H3/t9-,10+/m1/s1. The highest BCUT2D eigenvalue weighted by Crippen LogP contribution is 2.22. The number of rotatable bonds is 4. The zero-order valence-electron chi connectivity index (χ0n) is 11.1. The highest BCUT2D eigenvalue weighted by Gasteiger charge is 2.28. The number of nitrogens with one attached hydrogen (secondary N) is 1. The molecule has 0 saturated carbocycles. The first-order valence-corrected chi connectivity index (χ1v) is 6.47. The van der Waals surface area contributed by atoms with Crippen LogP contribution in [0.3, 0.4) is 0 Å². The molecule has 1 fully saturated rings. The van der Waals surface area contributed by atoms with Gasteiger partial charge in [-0.05, 0) is 12.0 Å². The Bertz CT molecular complexity index is 569. The van der Waals surface area contributed by atoms with E-state index in [9.17, 15) is 5.11 Å². The molecule has 3 rings (SSSR count). The van der Waals surface area contributed by atoms with Gasteiger partial charge in [0.05, 0.1) is 19.3 Å². The summed E-state index contributed by atoms with van der Waals surface area (Å²) in [4.78, 5) is 8.49. The molecule has 0 spiro atoms. The van der Waals surface area contributed by atoms with Crippen LogP contribution in [-0.2, 0) is 6.42 Å². The van der Waals surface area contributed by atoms with E-state index in [1.807, 2.05) is 6.07 Å². The van der Waals surface area contributed by atoms with Gasteiger partial charge in [0.15, 0.2) is 5.82 Å². The first-order valence-electron chi connectivity index (χ1n) is 6.47. The number of aliphatic hydroxyl groups excluding tert-OH is 1. The summed E-state index contributed by atoms with van der Waals surface area (Å²) in [7, 11) is 1.58. The predicted octanol–water partition coefficient (Wildman–Crippen LogP) is 0.459. The van der Waals surface area contributed by atoms with Gasteiger partial charge in [0, 0.05) is 25.2 Å². The molecule has 20 heavy (non-hydrogen) atoms. The number of β-amino-alcohol motifs (C(OH)–C–C–N with tert-alkyl or cyclic N) is 1. The number of ether oxygens (including phenoxy) is 1. The van der Waals surface area contributed by atoms with E-state index < -0.39 is 0 Å². The van der Waals surface area contributed by atoms with Gasteiger partial charge in [0.25, 0.3) is 0 Å². The third kappa shape index (κ3) is 2.78. The van der Waals surface area contributed by atoms with Crippen LogP contribution >= 0.6 is 0 Å². The van der Waals surface area contributed by atoms with Gasteiger partial charge >= 0.3 is 0 Å². The Hall–Kier alpha value is -1.99. The molecule has 0 unspecified atom stereocenters. The molecule has 0 radical (unpaired) electrons. The second-order valence-corrected chi connectivity index (χ2v) is 4.78. The fraction of sp³-hybridized carbons (Fsp3) is 0.462. The van der Waals surface area contributed by atoms with Crippen LogP contribution in [-0.4, -0.2) is 40.0 Å². The van der Waals surface area contributed by atoms with Crippen molar-refractivity contribution < 1.29 is 14.4 Å². The molecule has 0 amide bonds. The summed E-state index contributed by atoms with van der Waals surface area (Å²) >= 11 is 0. The lowest BCUT2D eigenvalue weighted by Crippen LogP contribution is -2.15. The van der Waals surface area contributed by atoms with Crippen LogP contribution in [0, 0.1) is 0 Å². The maximum atomic E-state index is 9.48. The molecule has 0 aromatic carbocycles. The molecule has 1 aliphatic rings. The van der Waals surface area contributed by atoms with Crippen molar-refractivity contribution in [2.45, 2.75) is 25.0 Å². The number of hydrogen-bond donors (Lipinski definition) is 2. The number of pyridine rings is 1. The van der Waals surface area contributed by atoms with E-state index in [1.165, 1.54) is 0 Å². The van der Waals surface area contributed by atoms with Gasteiger partial charge in [-0.3, -0.25) is 0 Å². The molecule has 7 heteroatoms. The number of methoxy groups -OCH3 is 1. The van der Waals surface area contributed by atoms with Crippen LogP contribution in [0.15, 0.2) is 22.9 Å². The summed E-state index contributed by atoms with van der Waals surface area (Å²) < 4.78 is 10.2. The van der Waals surface area contributed by atoms with Crippen molar-refractivity contribution in [3.8, 4) is 5.88 Å². The minimum absolute atomic E-state index is 0.0553. The van der Waals surface area contributed by atoms with Gasteiger partial charge in [0.2, 0.25) is 11.8 Å². The lowest BCUT2D eigenvalue weighted by atomic mass is 10.2. The third-order valence-corrected chi connectivity index (χ3v) is 3.26. The number of aromatic nitrogens is 3. The first-order chi connectivity index (χ1) is 9.74. The average Bonchev–Trinajstić information content (AvgIpc) is 3.09. The van der Waals surface area contributed by atoms with Crippen LogP contribution in [0.5, 0.6) is 5.88 Å². The molecule has 2 aromatic heterocycles. The van der Waals surface area contributed by atoms with Crippen molar-refractivity contribution in [1.29, 1.82) is 0 Å². The summed E-state index contributed by atoms with van der Waals surface area (Å²) in [6.45, 7) is 0.560. The quantitative estimate of drug-likeness (QED) is 0.837. The number of hydrogen-bond acceptors (Lipinski definition) is 7. The molecule has 2 atom stereocenters. The summed E-state index contributed by atoms with van der Waals surface area (Å²) in [5, 5.41) is 16.6. The number of aliphatic hydroxyl groups is 1. The lowest BCUT2D eigenvalue weighted by Gasteiger charge is -2.01. The predicted molar refractivity (Wildman–Crippen MR) is 69.3 cm³/mol. The monoisotopic (exact) mass is 276 g/mol. The normalized spacial score (nSPS) is 22.1. The van der Waals surface area contributed by atoms with Crippen molar-refractivity contribution in [1.82, 2.24) is 20.4 Å². The second kappa shape index (κ2) is 5.56. The zero-order valence-corrected chi connectivity index (χ0v) is 11.1. The summed E-state index contributed by atoms with van der Waals surface area (Å²) in [5.41, 5.74) is 0.984. The third-order valence-electron chi connectivity index (χ3n) is 3.26. The van der Waals surface area contributed by atoms with E-state index in [1.54, 1.807) is 19.4 Å². The van der Waals surface area contributed by atoms with Crippen molar-refractivity contribution in [2.24, 2.45) is 0 Å². The van der Waals surface area contributed by atoms with Gasteiger partial charge in [-0.15, -0.1) is 0 Å². The maximum Gasteiger partial charge on any atom is 0.243 e. The van der Waals surface area contributed by atoms with Gasteiger partial charge in [-0.25, -0.2) is 4.98 Å². The minimum Gasteiger partial charge on any atom is -0.481 e. The highest BCUT2D eigenvalue weighted by molar-refractivity contribution is 5.20. The maximum absolute atomic E-state index is 9.48. The lowest BCUT2D eigenvalue weighted by molar-refractivity contribution is 0.191. The Morgan fingerprint density at radius 1 is 1.50 bits per heavy atom. The van der Waals surface area contributed by atoms with E-state index in [4.69, 9.17) is 9.26 Å². The van der Waals surface area contributed by atoms with Crippen LogP contribution in [0.2, 0.25) is 0 Å². The molecule has 1 aliphatic heterocycles. The van der Waals surface area contributed by atoms with E-state index >= 15 is 0 Å². The van der Waals surface area contributed by atoms with Crippen LogP contribution in [0.25, 0.3) is 0 Å². The molecule has 106 valence electrons. The van der Waals surface area contributed by atoms with E-state index in [0.717, 1.165) is 5.56 Å². The number of nitrogens with zero attached hydrogens (tertiary/aromatic N) is 3. The van der Waals surface area contributed by atoms with Crippen molar-refractivity contribution in [2.75, 3.05) is 13.7 Å². The Morgan fingerprint density at radius 2 is 2.40 bits per heavy atom. The summed E-state index contributed by atoms with van der Waals surface area (Å²) in [5.74, 6) is 1.71. The van der Waals surface area contributed by atoms with Crippen LogP contribution in [0.1, 0.15) is 29.7 Å². The molecule has 0 bridgehead atoms. The fourth-order valence-corrected chi connectivity index (χ4v) is 2.20. The van der Waals surface area contributed by atoms with Crippen LogP contribution < -0.4 is 10.1 Å². The van der Waals surface area contributed by atoms with Gasteiger partial charge in [-0.2, -0.15) is 4.98 Å². The molecule has 2 aromatic rings. The largest absolute Gasteiger partial charge is 0.481 e. The molecule has 0 aliphatic carbocycles. The topological polar surface area (TPSA) is 93.3 Å². The van der Waals surface area contributed by atoms with Crippen molar-refractivity contribution in [3.05, 3.63) is 35.6 Å². The summed E-state index contributed by atoms with van der Waals surface area (Å²) in [6.07, 6.45) is 2.54. The molecule has 2 N–H and O–H groups in total.